The number of piperidine rings is 1. The Morgan fingerprint density at radius 2 is 2.47 bits per heavy atom. The predicted octanol–water partition coefficient (Wildman–Crippen LogP) is 2.51. The number of aromatic nitrogens is 1. The molecular weight excluding hydrogens is 264 g/mol. The van der Waals surface area contributed by atoms with Gasteiger partial charge in [-0.2, -0.15) is 0 Å². The van der Waals surface area contributed by atoms with Gasteiger partial charge in [0.05, 0.1) is 17.5 Å². The van der Waals surface area contributed by atoms with Crippen molar-refractivity contribution in [2.75, 3.05) is 19.7 Å². The maximum atomic E-state index is 11.8. The summed E-state index contributed by atoms with van der Waals surface area (Å²) >= 11 is 6.11. The summed E-state index contributed by atoms with van der Waals surface area (Å²) in [5.74, 6) is -0.0812. The van der Waals surface area contributed by atoms with E-state index < -0.39 is 0 Å². The van der Waals surface area contributed by atoms with Crippen molar-refractivity contribution in [3.05, 3.63) is 29.0 Å². The number of nitrogens with zero attached hydrogens (tertiary/aromatic N) is 2. The minimum absolute atomic E-state index is 0.00527. The number of likely N-dealkylation sites (tertiary alicyclic amines) is 1. The second kappa shape index (κ2) is 6.87. The fourth-order valence-electron chi connectivity index (χ4n) is 2.42. The van der Waals surface area contributed by atoms with Crippen LogP contribution in [0.25, 0.3) is 0 Å². The molecule has 2 heterocycles. The molecule has 0 radical (unpaired) electrons. The number of carbonyl (C=O) groups excluding carboxylic acids is 1. The zero-order valence-corrected chi connectivity index (χ0v) is 11.9. The molecule has 1 atom stereocenters. The van der Waals surface area contributed by atoms with Crippen molar-refractivity contribution >= 4 is 17.6 Å². The summed E-state index contributed by atoms with van der Waals surface area (Å²) in [6.45, 7) is 4.80. The molecule has 1 aromatic rings. The number of ether oxygens (including phenoxy) is 1. The summed E-state index contributed by atoms with van der Waals surface area (Å²) in [7, 11) is 0. The van der Waals surface area contributed by atoms with E-state index in [-0.39, 0.29) is 11.9 Å². The van der Waals surface area contributed by atoms with Gasteiger partial charge < -0.3 is 4.74 Å². The number of halogens is 1. The molecule has 0 bridgehead atoms. The third-order valence-corrected chi connectivity index (χ3v) is 3.72. The molecule has 2 rings (SSSR count). The molecule has 1 aromatic heterocycles. The smallest absolute Gasteiger partial charge is 0.310 e. The standard InChI is InChI=1S/C14H19ClN2O2/c1-2-19-14(18)12-4-3-7-17(10-12)9-11-5-6-16-8-13(11)15/h5-6,8,12H,2-4,7,9-10H2,1H3. The van der Waals surface area contributed by atoms with Crippen LogP contribution in [0.5, 0.6) is 0 Å². The molecule has 0 aromatic carbocycles. The zero-order chi connectivity index (χ0) is 13.7. The van der Waals surface area contributed by atoms with E-state index >= 15 is 0 Å². The van der Waals surface area contributed by atoms with Crippen molar-refractivity contribution in [3.63, 3.8) is 0 Å². The Bertz CT molecular complexity index is 439. The second-order valence-electron chi connectivity index (χ2n) is 4.79. The van der Waals surface area contributed by atoms with E-state index in [0.717, 1.165) is 38.0 Å². The van der Waals surface area contributed by atoms with Gasteiger partial charge in [-0.05, 0) is 37.9 Å². The Hall–Kier alpha value is -1.13. The maximum Gasteiger partial charge on any atom is 0.310 e. The maximum absolute atomic E-state index is 11.8. The first-order chi connectivity index (χ1) is 9.20. The van der Waals surface area contributed by atoms with Crippen LogP contribution < -0.4 is 0 Å². The van der Waals surface area contributed by atoms with Crippen LogP contribution in [0, 0.1) is 5.92 Å². The highest BCUT2D eigenvalue weighted by Crippen LogP contribution is 2.22. The first kappa shape index (κ1) is 14.3. The minimum atomic E-state index is -0.0759. The summed E-state index contributed by atoms with van der Waals surface area (Å²) < 4.78 is 5.10. The molecule has 1 saturated heterocycles. The van der Waals surface area contributed by atoms with Crippen molar-refractivity contribution in [2.24, 2.45) is 5.92 Å². The van der Waals surface area contributed by atoms with E-state index in [1.165, 1.54) is 0 Å². The van der Waals surface area contributed by atoms with E-state index in [4.69, 9.17) is 16.3 Å². The Kier molecular flexibility index (Phi) is 5.16. The molecule has 1 fully saturated rings. The minimum Gasteiger partial charge on any atom is -0.466 e. The molecule has 1 aliphatic rings. The van der Waals surface area contributed by atoms with Crippen LogP contribution >= 0.6 is 11.6 Å². The van der Waals surface area contributed by atoms with Crippen molar-refractivity contribution in [1.29, 1.82) is 0 Å². The lowest BCUT2D eigenvalue weighted by Crippen LogP contribution is -2.39. The van der Waals surface area contributed by atoms with Crippen LogP contribution in [-0.2, 0) is 16.1 Å². The van der Waals surface area contributed by atoms with E-state index in [1.54, 1.807) is 12.4 Å². The van der Waals surface area contributed by atoms with E-state index in [9.17, 15) is 4.79 Å². The van der Waals surface area contributed by atoms with Gasteiger partial charge in [0, 0.05) is 25.5 Å². The summed E-state index contributed by atoms with van der Waals surface area (Å²) in [4.78, 5) is 18.0. The predicted molar refractivity (Wildman–Crippen MR) is 73.9 cm³/mol. The van der Waals surface area contributed by atoms with Gasteiger partial charge in [0.25, 0.3) is 0 Å². The summed E-state index contributed by atoms with van der Waals surface area (Å²) in [6.07, 6.45) is 5.34. The van der Waals surface area contributed by atoms with Crippen molar-refractivity contribution < 1.29 is 9.53 Å². The fraction of sp³-hybridized carbons (Fsp3) is 0.571. The molecule has 0 saturated carbocycles. The van der Waals surface area contributed by atoms with Crippen LogP contribution in [0.1, 0.15) is 25.3 Å². The van der Waals surface area contributed by atoms with Gasteiger partial charge in [0.2, 0.25) is 0 Å². The molecule has 104 valence electrons. The average molecular weight is 283 g/mol. The van der Waals surface area contributed by atoms with Gasteiger partial charge in [0.1, 0.15) is 0 Å². The number of hydrogen-bond acceptors (Lipinski definition) is 4. The molecule has 0 amide bonds. The van der Waals surface area contributed by atoms with Gasteiger partial charge in [-0.25, -0.2) is 0 Å². The number of esters is 1. The average Bonchev–Trinajstić information content (AvgIpc) is 2.42. The second-order valence-corrected chi connectivity index (χ2v) is 5.20. The van der Waals surface area contributed by atoms with Gasteiger partial charge in [-0.15, -0.1) is 0 Å². The van der Waals surface area contributed by atoms with Gasteiger partial charge in [-0.1, -0.05) is 11.6 Å². The van der Waals surface area contributed by atoms with Gasteiger partial charge in [-0.3, -0.25) is 14.7 Å². The number of rotatable bonds is 4. The Morgan fingerprint density at radius 3 is 3.21 bits per heavy atom. The van der Waals surface area contributed by atoms with Crippen LogP contribution in [0.3, 0.4) is 0 Å². The zero-order valence-electron chi connectivity index (χ0n) is 11.1. The highest BCUT2D eigenvalue weighted by molar-refractivity contribution is 6.31. The lowest BCUT2D eigenvalue weighted by atomic mass is 9.98. The summed E-state index contributed by atoms with van der Waals surface area (Å²) in [5.41, 5.74) is 1.06. The topological polar surface area (TPSA) is 42.4 Å². The number of hydrogen-bond donors (Lipinski definition) is 0. The van der Waals surface area contributed by atoms with E-state index in [2.05, 4.69) is 9.88 Å². The largest absolute Gasteiger partial charge is 0.466 e. The molecule has 0 N–H and O–H groups in total. The lowest BCUT2D eigenvalue weighted by molar-refractivity contribution is -0.150. The number of pyridine rings is 1. The van der Waals surface area contributed by atoms with Crippen LogP contribution in [0.15, 0.2) is 18.5 Å². The van der Waals surface area contributed by atoms with E-state index in [1.807, 2.05) is 13.0 Å². The molecule has 5 heteroatoms. The molecule has 19 heavy (non-hydrogen) atoms. The monoisotopic (exact) mass is 282 g/mol. The Morgan fingerprint density at radius 1 is 1.63 bits per heavy atom. The van der Waals surface area contributed by atoms with E-state index in [0.29, 0.717) is 11.6 Å². The van der Waals surface area contributed by atoms with Crippen LogP contribution in [0.4, 0.5) is 0 Å². The van der Waals surface area contributed by atoms with Crippen LogP contribution in [-0.4, -0.2) is 35.5 Å². The first-order valence-corrected chi connectivity index (χ1v) is 7.06. The third kappa shape index (κ3) is 3.91. The highest BCUT2D eigenvalue weighted by Gasteiger charge is 2.26. The molecular formula is C14H19ClN2O2. The third-order valence-electron chi connectivity index (χ3n) is 3.38. The Labute approximate surface area is 118 Å². The first-order valence-electron chi connectivity index (χ1n) is 6.68. The van der Waals surface area contributed by atoms with Crippen molar-refractivity contribution in [1.82, 2.24) is 9.88 Å². The van der Waals surface area contributed by atoms with Crippen molar-refractivity contribution in [2.45, 2.75) is 26.3 Å². The normalized spacial score (nSPS) is 20.2. The molecule has 0 spiro atoms. The van der Waals surface area contributed by atoms with Gasteiger partial charge >= 0.3 is 5.97 Å². The summed E-state index contributed by atoms with van der Waals surface area (Å²) in [5, 5.41) is 0.681. The fourth-order valence-corrected chi connectivity index (χ4v) is 2.60. The lowest BCUT2D eigenvalue weighted by Gasteiger charge is -2.31. The Balaban J connectivity index is 1.94. The SMILES string of the molecule is CCOC(=O)C1CCCN(Cc2ccncc2Cl)C1. The summed E-state index contributed by atoms with van der Waals surface area (Å²) in [6, 6.07) is 1.93. The molecule has 1 unspecified atom stereocenters. The highest BCUT2D eigenvalue weighted by atomic mass is 35.5. The number of carbonyl (C=O) groups is 1. The van der Waals surface area contributed by atoms with Crippen molar-refractivity contribution in [3.8, 4) is 0 Å². The van der Waals surface area contributed by atoms with Crippen LogP contribution in [0.2, 0.25) is 5.02 Å². The quantitative estimate of drug-likeness (QED) is 0.796. The molecule has 4 nitrogen and oxygen atoms in total. The van der Waals surface area contributed by atoms with Gasteiger partial charge in [0.15, 0.2) is 0 Å². The molecule has 1 aliphatic heterocycles. The molecule has 0 aliphatic carbocycles.